The van der Waals surface area contributed by atoms with Crippen molar-refractivity contribution in [3.05, 3.63) is 112 Å². The summed E-state index contributed by atoms with van der Waals surface area (Å²) in [5.74, 6) is 2.21. The highest BCUT2D eigenvalue weighted by Gasteiger charge is 2.16. The molecule has 0 saturated heterocycles. The maximum Gasteiger partial charge on any atom is 0.252 e. The Morgan fingerprint density at radius 1 is 0.838 bits per heavy atom. The summed E-state index contributed by atoms with van der Waals surface area (Å²) in [5.41, 5.74) is 3.46. The van der Waals surface area contributed by atoms with Gasteiger partial charge in [0, 0.05) is 24.7 Å². The minimum atomic E-state index is -0.135. The van der Waals surface area contributed by atoms with Crippen molar-refractivity contribution in [2.24, 2.45) is 0 Å². The highest BCUT2D eigenvalue weighted by Crippen LogP contribution is 2.20. The van der Waals surface area contributed by atoms with E-state index in [9.17, 15) is 4.79 Å². The fraction of sp³-hybridized carbons (Fsp3) is 0.214. The van der Waals surface area contributed by atoms with Crippen LogP contribution in [0.2, 0.25) is 0 Å². The molecule has 0 atom stereocenters. The van der Waals surface area contributed by atoms with Crippen LogP contribution in [-0.2, 0) is 26.2 Å². The molecule has 9 heteroatoms. The van der Waals surface area contributed by atoms with Crippen LogP contribution in [-0.4, -0.2) is 44.3 Å². The molecule has 0 spiro atoms. The van der Waals surface area contributed by atoms with E-state index in [0.29, 0.717) is 37.5 Å². The Morgan fingerprint density at radius 3 is 2.35 bits per heavy atom. The molecule has 0 aliphatic heterocycles. The zero-order valence-corrected chi connectivity index (χ0v) is 20.8. The number of pyridine rings is 1. The Balaban J connectivity index is 1.43. The van der Waals surface area contributed by atoms with E-state index in [1.807, 2.05) is 78.9 Å². The summed E-state index contributed by atoms with van der Waals surface area (Å²) in [4.78, 5) is 18.2. The third-order valence-electron chi connectivity index (χ3n) is 6.24. The van der Waals surface area contributed by atoms with Gasteiger partial charge in [0.1, 0.15) is 11.5 Å². The Kier molecular flexibility index (Phi) is 7.23. The number of ether oxygens (including phenoxy) is 2. The summed E-state index contributed by atoms with van der Waals surface area (Å²) in [6.07, 6.45) is 0. The Hall–Kier alpha value is -4.50. The molecule has 9 nitrogen and oxygen atoms in total. The van der Waals surface area contributed by atoms with Gasteiger partial charge in [0.2, 0.25) is 0 Å². The van der Waals surface area contributed by atoms with Gasteiger partial charge in [-0.2, -0.15) is 0 Å². The predicted octanol–water partition coefficient (Wildman–Crippen LogP) is 3.78. The number of aromatic nitrogens is 5. The first-order valence-electron chi connectivity index (χ1n) is 12.0. The molecule has 0 bridgehead atoms. The van der Waals surface area contributed by atoms with Gasteiger partial charge in [-0.15, -0.1) is 5.10 Å². The number of rotatable bonds is 10. The zero-order valence-electron chi connectivity index (χ0n) is 20.8. The molecule has 0 unspecified atom stereocenters. The number of nitrogens with one attached hydrogen (secondary N) is 1. The fourth-order valence-electron chi connectivity index (χ4n) is 4.28. The van der Waals surface area contributed by atoms with Gasteiger partial charge in [0.25, 0.3) is 5.56 Å². The molecule has 2 heterocycles. The van der Waals surface area contributed by atoms with E-state index in [1.54, 1.807) is 18.9 Å². The molecule has 188 valence electrons. The molecule has 0 fully saturated rings. The number of hydrogen-bond acceptors (Lipinski definition) is 7. The third kappa shape index (κ3) is 5.84. The largest absolute Gasteiger partial charge is 0.497 e. The van der Waals surface area contributed by atoms with Crippen molar-refractivity contribution >= 4 is 10.9 Å². The molecule has 37 heavy (non-hydrogen) atoms. The first kappa shape index (κ1) is 24.2. The van der Waals surface area contributed by atoms with E-state index < -0.39 is 0 Å². The molecule has 0 aliphatic rings. The summed E-state index contributed by atoms with van der Waals surface area (Å²) < 4.78 is 12.4. The quantitative estimate of drug-likeness (QED) is 0.314. The van der Waals surface area contributed by atoms with Crippen LogP contribution in [0.1, 0.15) is 22.5 Å². The molecule has 0 aliphatic carbocycles. The molecule has 0 radical (unpaired) electrons. The van der Waals surface area contributed by atoms with Crippen LogP contribution in [0, 0.1) is 0 Å². The average Bonchev–Trinajstić information content (AvgIpc) is 3.36. The number of aromatic amines is 1. The molecule has 0 amide bonds. The van der Waals surface area contributed by atoms with Gasteiger partial charge in [0.05, 0.1) is 32.8 Å². The highest BCUT2D eigenvalue weighted by atomic mass is 16.5. The van der Waals surface area contributed by atoms with E-state index in [4.69, 9.17) is 9.47 Å². The van der Waals surface area contributed by atoms with Gasteiger partial charge in [-0.05, 0) is 57.3 Å². The Morgan fingerprint density at radius 2 is 1.59 bits per heavy atom. The van der Waals surface area contributed by atoms with Gasteiger partial charge in [-0.3, -0.25) is 9.69 Å². The summed E-state index contributed by atoms with van der Waals surface area (Å²) >= 11 is 0. The molecule has 1 N–H and O–H groups in total. The van der Waals surface area contributed by atoms with Crippen molar-refractivity contribution in [3.8, 4) is 11.5 Å². The highest BCUT2D eigenvalue weighted by molar-refractivity contribution is 5.80. The molecule has 5 rings (SSSR count). The minimum Gasteiger partial charge on any atom is -0.497 e. The van der Waals surface area contributed by atoms with Crippen LogP contribution in [0.3, 0.4) is 0 Å². The molecule has 2 aromatic heterocycles. The maximum atomic E-state index is 13.0. The van der Waals surface area contributed by atoms with E-state index >= 15 is 0 Å². The van der Waals surface area contributed by atoms with Crippen molar-refractivity contribution in [2.75, 3.05) is 14.2 Å². The van der Waals surface area contributed by atoms with Gasteiger partial charge >= 0.3 is 0 Å². The second kappa shape index (κ2) is 11.0. The Bertz CT molecular complexity index is 1530. The normalized spacial score (nSPS) is 11.2. The lowest BCUT2D eigenvalue weighted by Gasteiger charge is -2.22. The summed E-state index contributed by atoms with van der Waals surface area (Å²) in [6, 6.07) is 25.6. The van der Waals surface area contributed by atoms with Crippen molar-refractivity contribution in [1.29, 1.82) is 0 Å². The van der Waals surface area contributed by atoms with Gasteiger partial charge < -0.3 is 14.5 Å². The van der Waals surface area contributed by atoms with Crippen LogP contribution in [0.25, 0.3) is 10.9 Å². The van der Waals surface area contributed by atoms with Gasteiger partial charge in [-0.25, -0.2) is 4.68 Å². The molecular weight excluding hydrogens is 468 g/mol. The summed E-state index contributed by atoms with van der Waals surface area (Å²) in [6.45, 7) is 2.05. The molecule has 0 saturated carbocycles. The van der Waals surface area contributed by atoms with Crippen LogP contribution < -0.4 is 15.0 Å². The second-order valence-electron chi connectivity index (χ2n) is 8.81. The number of hydrogen-bond donors (Lipinski definition) is 1. The standard InChI is InChI=1S/C28H28N6O3/c1-36-24-11-8-21(9-12-24)16-33(19-27-30-31-32-34(27)17-20-6-4-3-5-7-20)18-23-14-22-10-13-25(37-2)15-26(22)29-28(23)35/h3-15H,16-19H2,1-2H3,(H,29,35). The number of tetrazole rings is 1. The Labute approximate surface area is 214 Å². The first-order valence-corrected chi connectivity index (χ1v) is 12.0. The molecule has 3 aromatic carbocycles. The summed E-state index contributed by atoms with van der Waals surface area (Å²) in [5, 5.41) is 13.4. The lowest BCUT2D eigenvalue weighted by Crippen LogP contribution is -2.28. The van der Waals surface area contributed by atoms with Crippen LogP contribution >= 0.6 is 0 Å². The third-order valence-corrected chi connectivity index (χ3v) is 6.24. The lowest BCUT2D eigenvalue weighted by molar-refractivity contribution is 0.236. The lowest BCUT2D eigenvalue weighted by atomic mass is 10.1. The molecule has 5 aromatic rings. The first-order chi connectivity index (χ1) is 18.1. The second-order valence-corrected chi connectivity index (χ2v) is 8.81. The number of fused-ring (bicyclic) bond motifs is 1. The van der Waals surface area contributed by atoms with Crippen LogP contribution in [0.4, 0.5) is 0 Å². The fourth-order valence-corrected chi connectivity index (χ4v) is 4.28. The average molecular weight is 497 g/mol. The van der Waals surface area contributed by atoms with Crippen LogP contribution in [0.15, 0.2) is 83.7 Å². The number of nitrogens with zero attached hydrogens (tertiary/aromatic N) is 5. The van der Waals surface area contributed by atoms with Crippen molar-refractivity contribution in [1.82, 2.24) is 30.1 Å². The van der Waals surface area contributed by atoms with E-state index in [2.05, 4.69) is 25.4 Å². The summed E-state index contributed by atoms with van der Waals surface area (Å²) in [7, 11) is 3.26. The van der Waals surface area contributed by atoms with Crippen molar-refractivity contribution < 1.29 is 9.47 Å². The number of H-pyrrole nitrogens is 1. The van der Waals surface area contributed by atoms with E-state index in [1.165, 1.54) is 0 Å². The van der Waals surface area contributed by atoms with Crippen molar-refractivity contribution in [2.45, 2.75) is 26.2 Å². The number of benzene rings is 3. The molecular formula is C28H28N6O3. The smallest absolute Gasteiger partial charge is 0.252 e. The van der Waals surface area contributed by atoms with Crippen LogP contribution in [0.5, 0.6) is 11.5 Å². The zero-order chi connectivity index (χ0) is 25.6. The monoisotopic (exact) mass is 496 g/mol. The number of methoxy groups -OCH3 is 2. The van der Waals surface area contributed by atoms with E-state index in [0.717, 1.165) is 33.6 Å². The SMILES string of the molecule is COc1ccc(CN(Cc2cc3ccc(OC)cc3[nH]c2=O)Cc2nnnn2Cc2ccccc2)cc1. The van der Waals surface area contributed by atoms with Crippen molar-refractivity contribution in [3.63, 3.8) is 0 Å². The predicted molar refractivity (Wildman–Crippen MR) is 140 cm³/mol. The van der Waals surface area contributed by atoms with E-state index in [-0.39, 0.29) is 5.56 Å². The maximum absolute atomic E-state index is 13.0. The van der Waals surface area contributed by atoms with Gasteiger partial charge in [-0.1, -0.05) is 42.5 Å². The topological polar surface area (TPSA) is 98.2 Å². The minimum absolute atomic E-state index is 0.135. The van der Waals surface area contributed by atoms with Gasteiger partial charge in [0.15, 0.2) is 5.82 Å².